The van der Waals surface area contributed by atoms with Crippen molar-refractivity contribution in [2.75, 3.05) is 13.2 Å². The van der Waals surface area contributed by atoms with Crippen molar-refractivity contribution in [2.24, 2.45) is 0 Å². The summed E-state index contributed by atoms with van der Waals surface area (Å²) in [4.78, 5) is 0. The second-order valence-corrected chi connectivity index (χ2v) is 4.39. The van der Waals surface area contributed by atoms with Crippen LogP contribution in [0.1, 0.15) is 65.7 Å². The van der Waals surface area contributed by atoms with Gasteiger partial charge in [-0.15, -0.1) is 0 Å². The van der Waals surface area contributed by atoms with Gasteiger partial charge in [-0.05, 0) is 39.5 Å². The quantitative estimate of drug-likeness (QED) is 0.423. The van der Waals surface area contributed by atoms with Crippen LogP contribution in [0.15, 0.2) is 0 Å². The molecule has 104 valence electrons. The summed E-state index contributed by atoms with van der Waals surface area (Å²) < 4.78 is 11.0. The lowest BCUT2D eigenvalue weighted by Gasteiger charge is -2.16. The molecule has 0 radical (unpaired) electrons. The maximum atomic E-state index is 9.40. The van der Waals surface area contributed by atoms with E-state index in [1.165, 1.54) is 12.8 Å². The Bertz CT molecular complexity index is 144. The third-order valence-electron chi connectivity index (χ3n) is 2.90. The molecule has 0 saturated carbocycles. The van der Waals surface area contributed by atoms with Crippen LogP contribution in [0.5, 0.6) is 0 Å². The molecule has 0 amide bonds. The summed E-state index contributed by atoms with van der Waals surface area (Å²) in [6.45, 7) is 7.45. The van der Waals surface area contributed by atoms with Gasteiger partial charge in [0.2, 0.25) is 0 Å². The van der Waals surface area contributed by atoms with E-state index in [0.717, 1.165) is 32.1 Å². The molecule has 0 fully saturated rings. The van der Waals surface area contributed by atoms with E-state index in [2.05, 4.69) is 0 Å². The molecule has 0 aliphatic heterocycles. The second kappa shape index (κ2) is 12.3. The van der Waals surface area contributed by atoms with Gasteiger partial charge in [0.1, 0.15) is 0 Å². The molecule has 3 heteroatoms. The highest BCUT2D eigenvalue weighted by atomic mass is 16.7. The lowest BCUT2D eigenvalue weighted by molar-refractivity contribution is -0.140. The van der Waals surface area contributed by atoms with Crippen molar-refractivity contribution in [3.63, 3.8) is 0 Å². The molecule has 1 N–H and O–H groups in total. The molecule has 0 aromatic rings. The Morgan fingerprint density at radius 2 is 1.35 bits per heavy atom. The zero-order chi connectivity index (χ0) is 12.9. The van der Waals surface area contributed by atoms with Crippen molar-refractivity contribution in [2.45, 2.75) is 78.1 Å². The summed E-state index contributed by atoms with van der Waals surface area (Å²) in [7, 11) is 0. The minimum atomic E-state index is -0.102. The van der Waals surface area contributed by atoms with Gasteiger partial charge in [-0.2, -0.15) is 0 Å². The van der Waals surface area contributed by atoms with Crippen molar-refractivity contribution in [3.8, 4) is 0 Å². The Balaban J connectivity index is 3.35. The summed E-state index contributed by atoms with van der Waals surface area (Å²) in [6, 6.07) is 0. The number of hydrogen-bond acceptors (Lipinski definition) is 3. The highest BCUT2D eigenvalue weighted by Crippen LogP contribution is 2.12. The topological polar surface area (TPSA) is 38.7 Å². The highest BCUT2D eigenvalue weighted by Gasteiger charge is 2.07. The summed E-state index contributed by atoms with van der Waals surface area (Å²) in [6.07, 6.45) is 7.34. The Hall–Kier alpha value is -0.120. The molecular formula is C14H30O3. The molecule has 17 heavy (non-hydrogen) atoms. The molecule has 0 aromatic carbocycles. The average molecular weight is 246 g/mol. The fraction of sp³-hybridized carbons (Fsp3) is 1.00. The molecule has 1 atom stereocenters. The molecule has 0 spiro atoms. The molecule has 3 nitrogen and oxygen atoms in total. The predicted molar refractivity (Wildman–Crippen MR) is 71.0 cm³/mol. The minimum absolute atomic E-state index is 0.0220. The van der Waals surface area contributed by atoms with E-state index >= 15 is 0 Å². The fourth-order valence-corrected chi connectivity index (χ4v) is 1.84. The molecule has 0 aliphatic rings. The third kappa shape index (κ3) is 10.7. The van der Waals surface area contributed by atoms with Crippen LogP contribution < -0.4 is 0 Å². The van der Waals surface area contributed by atoms with E-state index in [4.69, 9.17) is 9.47 Å². The van der Waals surface area contributed by atoms with Crippen LogP contribution in [-0.4, -0.2) is 30.7 Å². The van der Waals surface area contributed by atoms with Gasteiger partial charge in [-0.25, -0.2) is 0 Å². The second-order valence-electron chi connectivity index (χ2n) is 4.39. The zero-order valence-electron chi connectivity index (χ0n) is 11.8. The molecule has 0 heterocycles. The highest BCUT2D eigenvalue weighted by molar-refractivity contribution is 4.54. The number of unbranched alkanes of at least 4 members (excludes halogenated alkanes) is 3. The van der Waals surface area contributed by atoms with E-state index in [-0.39, 0.29) is 12.4 Å². The molecule has 0 aromatic heterocycles. The van der Waals surface area contributed by atoms with Gasteiger partial charge in [-0.3, -0.25) is 0 Å². The van der Waals surface area contributed by atoms with Crippen molar-refractivity contribution < 1.29 is 14.6 Å². The maximum absolute atomic E-state index is 9.40. The van der Waals surface area contributed by atoms with E-state index in [0.29, 0.717) is 13.2 Å². The summed E-state index contributed by atoms with van der Waals surface area (Å²) in [5.41, 5.74) is 0. The summed E-state index contributed by atoms with van der Waals surface area (Å²) >= 11 is 0. The van der Waals surface area contributed by atoms with Crippen LogP contribution in [0, 0.1) is 0 Å². The predicted octanol–water partition coefficient (Wildman–Crippen LogP) is 3.50. The van der Waals surface area contributed by atoms with Crippen molar-refractivity contribution in [3.05, 3.63) is 0 Å². The summed E-state index contributed by atoms with van der Waals surface area (Å²) in [5.74, 6) is 0. The van der Waals surface area contributed by atoms with E-state index < -0.39 is 0 Å². The first-order chi connectivity index (χ1) is 8.24. The molecule has 1 unspecified atom stereocenters. The molecular weight excluding hydrogens is 216 g/mol. The number of ether oxygens (including phenoxy) is 2. The first kappa shape index (κ1) is 16.9. The van der Waals surface area contributed by atoms with Crippen molar-refractivity contribution in [1.82, 2.24) is 0 Å². The van der Waals surface area contributed by atoms with Gasteiger partial charge in [0.15, 0.2) is 6.29 Å². The maximum Gasteiger partial charge on any atom is 0.157 e. The van der Waals surface area contributed by atoms with Crippen molar-refractivity contribution in [1.29, 1.82) is 0 Å². The first-order valence-electron chi connectivity index (χ1n) is 7.15. The van der Waals surface area contributed by atoms with Crippen LogP contribution >= 0.6 is 0 Å². The summed E-state index contributed by atoms with van der Waals surface area (Å²) in [5, 5.41) is 9.40. The van der Waals surface area contributed by atoms with Gasteiger partial charge >= 0.3 is 0 Å². The lowest BCUT2D eigenvalue weighted by Crippen LogP contribution is -2.17. The Morgan fingerprint density at radius 1 is 0.824 bits per heavy atom. The van der Waals surface area contributed by atoms with Crippen LogP contribution in [0.3, 0.4) is 0 Å². The van der Waals surface area contributed by atoms with E-state index in [9.17, 15) is 5.11 Å². The standard InChI is InChI=1S/C14H30O3/c1-4-13(15)11-9-7-8-10-12-14(16-5-2)17-6-3/h13-15H,4-12H2,1-3H3. The van der Waals surface area contributed by atoms with Gasteiger partial charge in [0, 0.05) is 13.2 Å². The Labute approximate surface area is 107 Å². The minimum Gasteiger partial charge on any atom is -0.393 e. The van der Waals surface area contributed by atoms with Crippen LogP contribution in [-0.2, 0) is 9.47 Å². The number of hydrogen-bond donors (Lipinski definition) is 1. The van der Waals surface area contributed by atoms with E-state index in [1.54, 1.807) is 0 Å². The lowest BCUT2D eigenvalue weighted by atomic mass is 10.1. The third-order valence-corrected chi connectivity index (χ3v) is 2.90. The van der Waals surface area contributed by atoms with Gasteiger partial charge in [-0.1, -0.05) is 26.2 Å². The first-order valence-corrected chi connectivity index (χ1v) is 7.15. The fourth-order valence-electron chi connectivity index (χ4n) is 1.84. The molecule has 0 rings (SSSR count). The van der Waals surface area contributed by atoms with Crippen LogP contribution in [0.4, 0.5) is 0 Å². The monoisotopic (exact) mass is 246 g/mol. The van der Waals surface area contributed by atoms with Crippen molar-refractivity contribution >= 4 is 0 Å². The normalized spacial score (nSPS) is 13.2. The van der Waals surface area contributed by atoms with Gasteiger partial charge in [0.25, 0.3) is 0 Å². The van der Waals surface area contributed by atoms with E-state index in [1.807, 2.05) is 20.8 Å². The molecule has 0 saturated heterocycles. The van der Waals surface area contributed by atoms with Gasteiger partial charge < -0.3 is 14.6 Å². The Morgan fingerprint density at radius 3 is 1.82 bits per heavy atom. The average Bonchev–Trinajstić information content (AvgIpc) is 2.33. The molecule has 0 bridgehead atoms. The SMILES string of the molecule is CCOC(CCCCCCC(O)CC)OCC. The number of aliphatic hydroxyl groups is 1. The number of aliphatic hydroxyl groups excluding tert-OH is 1. The van der Waals surface area contributed by atoms with Crippen LogP contribution in [0.2, 0.25) is 0 Å². The largest absolute Gasteiger partial charge is 0.393 e. The molecule has 0 aliphatic carbocycles. The van der Waals surface area contributed by atoms with Gasteiger partial charge in [0.05, 0.1) is 6.10 Å². The zero-order valence-corrected chi connectivity index (χ0v) is 11.8. The van der Waals surface area contributed by atoms with Crippen LogP contribution in [0.25, 0.3) is 0 Å². The Kier molecular flexibility index (Phi) is 12.3. The smallest absolute Gasteiger partial charge is 0.157 e. The number of rotatable bonds is 12.